The molecule has 3 N–H and O–H groups in total. The Hall–Kier alpha value is -0.880. The molecule has 0 unspecified atom stereocenters. The lowest BCUT2D eigenvalue weighted by atomic mass is 10.0. The Labute approximate surface area is 88.0 Å². The highest BCUT2D eigenvalue weighted by Crippen LogP contribution is 2.12. The Balaban J connectivity index is 2.36. The normalized spacial score (nSPS) is 26.7. The zero-order chi connectivity index (χ0) is 11.3. The smallest absolute Gasteiger partial charge is 0.407 e. The molecule has 0 radical (unpaired) electrons. The maximum atomic E-state index is 11.8. The minimum atomic E-state index is -0.957. The fourth-order valence-electron chi connectivity index (χ4n) is 1.57. The Kier molecular flexibility index (Phi) is 4.77. The van der Waals surface area contributed by atoms with Gasteiger partial charge in [-0.05, 0) is 12.8 Å². The van der Waals surface area contributed by atoms with Gasteiger partial charge in [0.1, 0.15) is 0 Å². The quantitative estimate of drug-likeness (QED) is 0.674. The van der Waals surface area contributed by atoms with Crippen molar-refractivity contribution >= 4 is 6.09 Å². The number of alkyl halides is 1. The minimum Gasteiger partial charge on any atom is -0.465 e. The molecule has 0 aromatic carbocycles. The summed E-state index contributed by atoms with van der Waals surface area (Å²) in [4.78, 5) is 12.0. The largest absolute Gasteiger partial charge is 0.465 e. The summed E-state index contributed by atoms with van der Waals surface area (Å²) < 4.78 is 17.2. The highest BCUT2D eigenvalue weighted by atomic mass is 19.1. The van der Waals surface area contributed by atoms with E-state index in [9.17, 15) is 9.18 Å². The number of hydrogen-bond donors (Lipinski definition) is 2. The van der Waals surface area contributed by atoms with E-state index in [1.807, 2.05) is 0 Å². The van der Waals surface area contributed by atoms with Gasteiger partial charge in [-0.1, -0.05) is 0 Å². The lowest BCUT2D eigenvalue weighted by Gasteiger charge is -2.35. The topological polar surface area (TPSA) is 75.8 Å². The Morgan fingerprint density at radius 3 is 3.00 bits per heavy atom. The highest BCUT2D eigenvalue weighted by molar-refractivity contribution is 5.65. The van der Waals surface area contributed by atoms with E-state index in [0.717, 1.165) is 0 Å². The van der Waals surface area contributed by atoms with Crippen molar-refractivity contribution in [3.05, 3.63) is 0 Å². The maximum Gasteiger partial charge on any atom is 0.407 e. The number of ether oxygens (including phenoxy) is 1. The van der Waals surface area contributed by atoms with Crippen molar-refractivity contribution in [2.24, 2.45) is 5.73 Å². The van der Waals surface area contributed by atoms with E-state index >= 15 is 0 Å². The molecule has 1 saturated heterocycles. The average Bonchev–Trinajstić information content (AvgIpc) is 2.20. The summed E-state index contributed by atoms with van der Waals surface area (Å²) in [5.74, 6) is 0. The van der Waals surface area contributed by atoms with E-state index < -0.39 is 12.8 Å². The minimum absolute atomic E-state index is 0.153. The van der Waals surface area contributed by atoms with Crippen LogP contribution in [0.3, 0.4) is 0 Å². The van der Waals surface area contributed by atoms with Crippen LogP contribution in [-0.2, 0) is 4.74 Å². The van der Waals surface area contributed by atoms with Crippen LogP contribution < -0.4 is 5.73 Å². The van der Waals surface area contributed by atoms with Gasteiger partial charge in [0.2, 0.25) is 0 Å². The second-order valence-corrected chi connectivity index (χ2v) is 3.63. The van der Waals surface area contributed by atoms with E-state index in [0.29, 0.717) is 26.0 Å². The number of likely N-dealkylation sites (tertiary alicyclic amines) is 1. The molecule has 1 rings (SSSR count). The first-order valence-corrected chi connectivity index (χ1v) is 5.06. The number of piperidine rings is 1. The van der Waals surface area contributed by atoms with Gasteiger partial charge in [-0.15, -0.1) is 0 Å². The van der Waals surface area contributed by atoms with E-state index in [2.05, 4.69) is 0 Å². The molecular weight excluding hydrogens is 203 g/mol. The highest BCUT2D eigenvalue weighted by Gasteiger charge is 2.29. The zero-order valence-corrected chi connectivity index (χ0v) is 8.56. The standard InChI is InChI=1S/C9H17FN2O3/c10-3-1-5-15-8-6-12(9(13)14)4-2-7(8)11/h7-8H,1-6,11H2,(H,13,14)/t7-,8+/m1/s1. The molecule has 1 aliphatic rings. The van der Waals surface area contributed by atoms with Crippen LogP contribution >= 0.6 is 0 Å². The number of hydrogen-bond acceptors (Lipinski definition) is 3. The molecule has 1 amide bonds. The number of halogens is 1. The first-order valence-electron chi connectivity index (χ1n) is 5.06. The molecule has 1 heterocycles. The van der Waals surface area contributed by atoms with Gasteiger partial charge in [0.25, 0.3) is 0 Å². The summed E-state index contributed by atoms with van der Waals surface area (Å²) >= 11 is 0. The van der Waals surface area contributed by atoms with E-state index in [4.69, 9.17) is 15.6 Å². The molecule has 88 valence electrons. The fourth-order valence-corrected chi connectivity index (χ4v) is 1.57. The average molecular weight is 220 g/mol. The van der Waals surface area contributed by atoms with Crippen molar-refractivity contribution in [1.82, 2.24) is 4.90 Å². The summed E-state index contributed by atoms with van der Waals surface area (Å²) in [5, 5.41) is 8.78. The monoisotopic (exact) mass is 220 g/mol. The summed E-state index contributed by atoms with van der Waals surface area (Å²) in [6, 6.07) is -0.153. The number of carbonyl (C=O) groups is 1. The Morgan fingerprint density at radius 2 is 2.40 bits per heavy atom. The van der Waals surface area contributed by atoms with Crippen molar-refractivity contribution in [1.29, 1.82) is 0 Å². The summed E-state index contributed by atoms with van der Waals surface area (Å²) in [6.45, 7) is 0.592. The third-order valence-corrected chi connectivity index (χ3v) is 2.49. The molecule has 15 heavy (non-hydrogen) atoms. The molecule has 6 heteroatoms. The molecule has 0 aromatic rings. The van der Waals surface area contributed by atoms with Crippen LogP contribution in [-0.4, -0.2) is 54.6 Å². The summed E-state index contributed by atoms with van der Waals surface area (Å²) in [5.41, 5.74) is 5.79. The second kappa shape index (κ2) is 5.87. The molecule has 0 aromatic heterocycles. The molecule has 0 aliphatic carbocycles. The SMILES string of the molecule is N[C@@H]1CCN(C(=O)O)C[C@@H]1OCCCF. The molecule has 1 fully saturated rings. The zero-order valence-electron chi connectivity index (χ0n) is 8.56. The second-order valence-electron chi connectivity index (χ2n) is 3.63. The molecule has 0 spiro atoms. The molecule has 0 saturated carbocycles. The number of rotatable bonds is 4. The summed E-state index contributed by atoms with van der Waals surface area (Å²) in [6.07, 6.45) is -0.342. The van der Waals surface area contributed by atoms with Gasteiger partial charge in [0.05, 0.1) is 19.3 Å². The molecule has 0 bridgehead atoms. The van der Waals surface area contributed by atoms with Gasteiger partial charge in [-0.25, -0.2) is 4.79 Å². The van der Waals surface area contributed by atoms with Gasteiger partial charge < -0.3 is 20.5 Å². The lowest BCUT2D eigenvalue weighted by molar-refractivity contribution is -0.0110. The van der Waals surface area contributed by atoms with E-state index in [1.54, 1.807) is 0 Å². The van der Waals surface area contributed by atoms with Crippen LogP contribution in [0.4, 0.5) is 9.18 Å². The Morgan fingerprint density at radius 1 is 1.67 bits per heavy atom. The molecule has 1 aliphatic heterocycles. The van der Waals surface area contributed by atoms with Crippen molar-refractivity contribution in [3.8, 4) is 0 Å². The number of nitrogens with zero attached hydrogens (tertiary/aromatic N) is 1. The molecular formula is C9H17FN2O3. The van der Waals surface area contributed by atoms with Crippen LogP contribution in [0.5, 0.6) is 0 Å². The van der Waals surface area contributed by atoms with Crippen molar-refractivity contribution in [3.63, 3.8) is 0 Å². The van der Waals surface area contributed by atoms with Gasteiger partial charge in [0, 0.05) is 19.2 Å². The van der Waals surface area contributed by atoms with E-state index in [-0.39, 0.29) is 18.7 Å². The molecule has 2 atom stereocenters. The van der Waals surface area contributed by atoms with Crippen LogP contribution in [0, 0.1) is 0 Å². The van der Waals surface area contributed by atoms with E-state index in [1.165, 1.54) is 4.90 Å². The third kappa shape index (κ3) is 3.64. The van der Waals surface area contributed by atoms with Crippen LogP contribution in [0.15, 0.2) is 0 Å². The number of nitrogens with two attached hydrogens (primary N) is 1. The van der Waals surface area contributed by atoms with Crippen LogP contribution in [0.1, 0.15) is 12.8 Å². The lowest BCUT2D eigenvalue weighted by Crippen LogP contribution is -2.53. The number of amides is 1. The molecule has 5 nitrogen and oxygen atoms in total. The first kappa shape index (κ1) is 12.2. The van der Waals surface area contributed by atoms with Crippen molar-refractivity contribution < 1.29 is 19.0 Å². The summed E-state index contributed by atoms with van der Waals surface area (Å²) in [7, 11) is 0. The van der Waals surface area contributed by atoms with Gasteiger partial charge in [-0.3, -0.25) is 4.39 Å². The fraction of sp³-hybridized carbons (Fsp3) is 0.889. The van der Waals surface area contributed by atoms with Crippen LogP contribution in [0.2, 0.25) is 0 Å². The predicted octanol–water partition coefficient (Wildman–Crippen LogP) is 0.442. The first-order chi connectivity index (χ1) is 7.15. The third-order valence-electron chi connectivity index (χ3n) is 2.49. The predicted molar refractivity (Wildman–Crippen MR) is 52.5 cm³/mol. The van der Waals surface area contributed by atoms with Gasteiger partial charge >= 0.3 is 6.09 Å². The van der Waals surface area contributed by atoms with Gasteiger partial charge in [0.15, 0.2) is 0 Å². The van der Waals surface area contributed by atoms with Crippen LogP contribution in [0.25, 0.3) is 0 Å². The maximum absolute atomic E-state index is 11.8. The Bertz CT molecular complexity index is 216. The number of carboxylic acid groups (broad SMARTS) is 1. The van der Waals surface area contributed by atoms with Gasteiger partial charge in [-0.2, -0.15) is 0 Å². The van der Waals surface area contributed by atoms with Crippen molar-refractivity contribution in [2.45, 2.75) is 25.0 Å². The van der Waals surface area contributed by atoms with Crippen molar-refractivity contribution in [2.75, 3.05) is 26.4 Å².